The van der Waals surface area contributed by atoms with E-state index in [0.717, 1.165) is 22.1 Å². The van der Waals surface area contributed by atoms with Crippen LogP contribution in [0.4, 0.5) is 10.1 Å². The van der Waals surface area contributed by atoms with Crippen LogP contribution in [0.2, 0.25) is 0 Å². The first-order valence-corrected chi connectivity index (χ1v) is 7.74. The van der Waals surface area contributed by atoms with Crippen LogP contribution in [0.15, 0.2) is 46.9 Å². The summed E-state index contributed by atoms with van der Waals surface area (Å²) in [6, 6.07) is 13.1. The molecule has 0 aliphatic carbocycles. The van der Waals surface area contributed by atoms with Crippen LogP contribution >= 0.6 is 15.9 Å². The maximum atomic E-state index is 13.2. The standard InChI is InChI=1S/C17H20BrFN2/c1-12(20)8-13-6-7-17(16(18)10-13)21(2)11-14-4-3-5-15(19)9-14/h3-7,9-10,12H,8,11,20H2,1-2H3. The lowest BCUT2D eigenvalue weighted by Gasteiger charge is -2.21. The summed E-state index contributed by atoms with van der Waals surface area (Å²) < 4.78 is 14.3. The van der Waals surface area contributed by atoms with Gasteiger partial charge in [-0.15, -0.1) is 0 Å². The minimum atomic E-state index is -0.202. The van der Waals surface area contributed by atoms with Gasteiger partial charge >= 0.3 is 0 Å². The smallest absolute Gasteiger partial charge is 0.123 e. The Morgan fingerprint density at radius 3 is 2.57 bits per heavy atom. The summed E-state index contributed by atoms with van der Waals surface area (Å²) >= 11 is 3.61. The molecule has 2 aromatic carbocycles. The fourth-order valence-corrected chi connectivity index (χ4v) is 3.08. The third-order valence-electron chi connectivity index (χ3n) is 3.29. The first-order chi connectivity index (χ1) is 9.95. The van der Waals surface area contributed by atoms with Gasteiger partial charge in [-0.25, -0.2) is 4.39 Å². The second kappa shape index (κ2) is 7.05. The van der Waals surface area contributed by atoms with Crippen LogP contribution in [0.5, 0.6) is 0 Å². The lowest BCUT2D eigenvalue weighted by molar-refractivity contribution is 0.625. The van der Waals surface area contributed by atoms with Crippen LogP contribution in [0.25, 0.3) is 0 Å². The Hall–Kier alpha value is -1.39. The predicted molar refractivity (Wildman–Crippen MR) is 90.0 cm³/mol. The van der Waals surface area contributed by atoms with Gasteiger partial charge in [-0.2, -0.15) is 0 Å². The van der Waals surface area contributed by atoms with Crippen molar-refractivity contribution >= 4 is 21.6 Å². The summed E-state index contributed by atoms with van der Waals surface area (Å²) in [5.41, 5.74) is 9.06. The Bertz CT molecular complexity index is 613. The lowest BCUT2D eigenvalue weighted by Crippen LogP contribution is -2.19. The van der Waals surface area contributed by atoms with Gasteiger partial charge in [-0.3, -0.25) is 0 Å². The molecule has 0 aliphatic rings. The average molecular weight is 351 g/mol. The van der Waals surface area contributed by atoms with Gasteiger partial charge in [0.2, 0.25) is 0 Å². The third kappa shape index (κ3) is 4.55. The number of halogens is 2. The number of anilines is 1. The molecule has 0 saturated carbocycles. The van der Waals surface area contributed by atoms with Crippen molar-refractivity contribution in [3.8, 4) is 0 Å². The largest absolute Gasteiger partial charge is 0.369 e. The van der Waals surface area contributed by atoms with E-state index < -0.39 is 0 Å². The maximum Gasteiger partial charge on any atom is 0.123 e. The van der Waals surface area contributed by atoms with Crippen molar-refractivity contribution in [1.29, 1.82) is 0 Å². The van der Waals surface area contributed by atoms with Crippen LogP contribution in [-0.4, -0.2) is 13.1 Å². The number of rotatable bonds is 5. The zero-order valence-electron chi connectivity index (χ0n) is 12.3. The summed E-state index contributed by atoms with van der Waals surface area (Å²) in [5, 5.41) is 0. The molecule has 2 N–H and O–H groups in total. The quantitative estimate of drug-likeness (QED) is 0.878. The van der Waals surface area contributed by atoms with Crippen molar-refractivity contribution in [1.82, 2.24) is 0 Å². The fraction of sp³-hybridized carbons (Fsp3) is 0.294. The maximum absolute atomic E-state index is 13.2. The molecule has 0 aliphatic heterocycles. The Morgan fingerprint density at radius 2 is 1.95 bits per heavy atom. The first-order valence-electron chi connectivity index (χ1n) is 6.95. The second-order valence-corrected chi connectivity index (χ2v) is 6.31. The second-order valence-electron chi connectivity index (χ2n) is 5.45. The van der Waals surface area contributed by atoms with E-state index in [1.54, 1.807) is 12.1 Å². The SMILES string of the molecule is CC(N)Cc1ccc(N(C)Cc2cccc(F)c2)c(Br)c1. The van der Waals surface area contributed by atoms with E-state index in [0.29, 0.717) is 6.54 Å². The van der Waals surface area contributed by atoms with Crippen molar-refractivity contribution in [2.45, 2.75) is 25.9 Å². The van der Waals surface area contributed by atoms with E-state index >= 15 is 0 Å². The molecule has 2 aromatic rings. The van der Waals surface area contributed by atoms with E-state index in [1.165, 1.54) is 11.6 Å². The van der Waals surface area contributed by atoms with Crippen LogP contribution in [0, 0.1) is 5.82 Å². The van der Waals surface area contributed by atoms with Gasteiger partial charge in [0.25, 0.3) is 0 Å². The Labute approximate surface area is 133 Å². The number of nitrogens with two attached hydrogens (primary N) is 1. The molecule has 0 fully saturated rings. The van der Waals surface area contributed by atoms with E-state index in [9.17, 15) is 4.39 Å². The van der Waals surface area contributed by atoms with Gasteiger partial charge in [-0.1, -0.05) is 18.2 Å². The van der Waals surface area contributed by atoms with E-state index in [2.05, 4.69) is 39.0 Å². The van der Waals surface area contributed by atoms with Crippen molar-refractivity contribution < 1.29 is 4.39 Å². The normalized spacial score (nSPS) is 12.2. The number of nitrogens with zero attached hydrogens (tertiary/aromatic N) is 1. The van der Waals surface area contributed by atoms with Crippen molar-refractivity contribution in [2.75, 3.05) is 11.9 Å². The van der Waals surface area contributed by atoms with Gasteiger partial charge in [0.05, 0.1) is 5.69 Å². The molecule has 21 heavy (non-hydrogen) atoms. The summed E-state index contributed by atoms with van der Waals surface area (Å²) in [6.07, 6.45) is 0.854. The molecular weight excluding hydrogens is 331 g/mol. The molecule has 2 rings (SSSR count). The summed E-state index contributed by atoms with van der Waals surface area (Å²) in [7, 11) is 2.00. The molecule has 0 saturated heterocycles. The molecule has 112 valence electrons. The number of hydrogen-bond donors (Lipinski definition) is 1. The van der Waals surface area contributed by atoms with E-state index in [-0.39, 0.29) is 11.9 Å². The molecule has 0 amide bonds. The van der Waals surface area contributed by atoms with Crippen LogP contribution in [-0.2, 0) is 13.0 Å². The zero-order chi connectivity index (χ0) is 15.4. The minimum absolute atomic E-state index is 0.146. The molecule has 1 atom stereocenters. The lowest BCUT2D eigenvalue weighted by atomic mass is 10.1. The first kappa shape index (κ1) is 16.0. The highest BCUT2D eigenvalue weighted by Crippen LogP contribution is 2.28. The molecule has 2 nitrogen and oxygen atoms in total. The average Bonchev–Trinajstić information content (AvgIpc) is 2.37. The fourth-order valence-electron chi connectivity index (χ4n) is 2.35. The molecule has 0 bridgehead atoms. The summed E-state index contributed by atoms with van der Waals surface area (Å²) in [4.78, 5) is 2.09. The number of benzene rings is 2. The molecule has 0 aromatic heterocycles. The Balaban J connectivity index is 2.13. The highest BCUT2D eigenvalue weighted by molar-refractivity contribution is 9.10. The molecule has 1 unspecified atom stereocenters. The van der Waals surface area contributed by atoms with Gasteiger partial charge < -0.3 is 10.6 Å². The topological polar surface area (TPSA) is 29.3 Å². The number of hydrogen-bond acceptors (Lipinski definition) is 2. The van der Waals surface area contributed by atoms with Crippen molar-refractivity contribution in [3.05, 3.63) is 63.9 Å². The zero-order valence-corrected chi connectivity index (χ0v) is 13.9. The van der Waals surface area contributed by atoms with Crippen molar-refractivity contribution in [2.24, 2.45) is 5.73 Å². The molecule has 0 spiro atoms. The summed E-state index contributed by atoms with van der Waals surface area (Å²) in [6.45, 7) is 2.65. The monoisotopic (exact) mass is 350 g/mol. The Morgan fingerprint density at radius 1 is 1.19 bits per heavy atom. The van der Waals surface area contributed by atoms with Gasteiger partial charge in [0, 0.05) is 24.1 Å². The minimum Gasteiger partial charge on any atom is -0.369 e. The molecule has 4 heteroatoms. The predicted octanol–water partition coefficient (Wildman–Crippen LogP) is 4.11. The van der Waals surface area contributed by atoms with Gasteiger partial charge in [0.15, 0.2) is 0 Å². The van der Waals surface area contributed by atoms with Crippen LogP contribution in [0.3, 0.4) is 0 Å². The van der Waals surface area contributed by atoms with E-state index in [1.807, 2.05) is 20.0 Å². The summed E-state index contributed by atoms with van der Waals surface area (Å²) in [5.74, 6) is -0.202. The van der Waals surface area contributed by atoms with Crippen molar-refractivity contribution in [3.63, 3.8) is 0 Å². The molecule has 0 heterocycles. The van der Waals surface area contributed by atoms with Gasteiger partial charge in [0.1, 0.15) is 5.82 Å². The highest BCUT2D eigenvalue weighted by atomic mass is 79.9. The third-order valence-corrected chi connectivity index (χ3v) is 3.92. The van der Waals surface area contributed by atoms with Crippen LogP contribution < -0.4 is 10.6 Å². The Kier molecular flexibility index (Phi) is 5.37. The van der Waals surface area contributed by atoms with E-state index in [4.69, 9.17) is 5.73 Å². The van der Waals surface area contributed by atoms with Crippen LogP contribution in [0.1, 0.15) is 18.1 Å². The van der Waals surface area contributed by atoms with Gasteiger partial charge in [-0.05, 0) is 64.7 Å². The molecular formula is C17H20BrFN2. The molecule has 0 radical (unpaired) electrons. The highest BCUT2D eigenvalue weighted by Gasteiger charge is 2.08.